The molecule has 1 N–H and O–H groups in total. The van der Waals surface area contributed by atoms with Crippen molar-refractivity contribution in [1.82, 2.24) is 19.9 Å². The average Bonchev–Trinajstić information content (AvgIpc) is 3.17. The van der Waals surface area contributed by atoms with Crippen molar-refractivity contribution in [3.8, 4) is 0 Å². The molecule has 0 unspecified atom stereocenters. The summed E-state index contributed by atoms with van der Waals surface area (Å²) in [7, 11) is 4.46. The molecule has 0 spiro atoms. The zero-order valence-corrected chi connectivity index (χ0v) is 18.4. The predicted molar refractivity (Wildman–Crippen MR) is 121 cm³/mol. The van der Waals surface area contributed by atoms with Crippen LogP contribution in [0.3, 0.4) is 0 Å². The fourth-order valence-corrected chi connectivity index (χ4v) is 4.53. The lowest BCUT2D eigenvalue weighted by Crippen LogP contribution is -2.54. The van der Waals surface area contributed by atoms with Crippen LogP contribution in [0.4, 0.5) is 5.82 Å². The van der Waals surface area contributed by atoms with Crippen LogP contribution in [0, 0.1) is 0 Å². The highest BCUT2D eigenvalue weighted by Crippen LogP contribution is 2.34. The van der Waals surface area contributed by atoms with Gasteiger partial charge in [0.15, 0.2) is 0 Å². The van der Waals surface area contributed by atoms with Crippen LogP contribution in [0.1, 0.15) is 44.7 Å². The van der Waals surface area contributed by atoms with E-state index in [1.807, 2.05) is 6.20 Å². The molecule has 1 saturated heterocycles. The molecular weight excluding hydrogens is 358 g/mol. The summed E-state index contributed by atoms with van der Waals surface area (Å²) in [5.74, 6) is 1.05. The van der Waals surface area contributed by atoms with Gasteiger partial charge >= 0.3 is 0 Å². The smallest absolute Gasteiger partial charge is 0.142 e. The zero-order chi connectivity index (χ0) is 20.6. The maximum atomic E-state index is 4.59. The van der Waals surface area contributed by atoms with Gasteiger partial charge in [-0.3, -0.25) is 0 Å². The zero-order valence-electron chi connectivity index (χ0n) is 18.4. The number of hydrogen-bond acceptors (Lipinski definition) is 4. The second-order valence-corrected chi connectivity index (χ2v) is 9.67. The van der Waals surface area contributed by atoms with Gasteiger partial charge in [-0.15, -0.1) is 0 Å². The topological polar surface area (TPSA) is 48.1 Å². The van der Waals surface area contributed by atoms with Crippen molar-refractivity contribution < 1.29 is 0 Å². The molecular formula is C24H33N5. The Morgan fingerprint density at radius 3 is 2.34 bits per heavy atom. The van der Waals surface area contributed by atoms with Gasteiger partial charge in [0.2, 0.25) is 0 Å². The lowest BCUT2D eigenvalue weighted by Gasteiger charge is -2.47. The summed E-state index contributed by atoms with van der Waals surface area (Å²) in [6.07, 6.45) is 6.94. The van der Waals surface area contributed by atoms with Gasteiger partial charge in [-0.05, 0) is 56.0 Å². The number of aromatic amines is 1. The molecule has 5 heteroatoms. The Bertz CT molecular complexity index is 957. The van der Waals surface area contributed by atoms with E-state index in [9.17, 15) is 0 Å². The molecule has 1 aliphatic heterocycles. The highest BCUT2D eigenvalue weighted by Gasteiger charge is 2.37. The van der Waals surface area contributed by atoms with Gasteiger partial charge in [-0.1, -0.05) is 45.0 Å². The second-order valence-electron chi connectivity index (χ2n) is 9.67. The van der Waals surface area contributed by atoms with E-state index in [-0.39, 0.29) is 11.0 Å². The van der Waals surface area contributed by atoms with E-state index in [0.29, 0.717) is 0 Å². The number of rotatable bonds is 4. The quantitative estimate of drug-likeness (QED) is 0.716. The third-order valence-electron chi connectivity index (χ3n) is 6.63. The first kappa shape index (κ1) is 19.9. The third kappa shape index (κ3) is 3.88. The van der Waals surface area contributed by atoms with Crippen LogP contribution >= 0.6 is 0 Å². The van der Waals surface area contributed by atoms with E-state index < -0.39 is 0 Å². The van der Waals surface area contributed by atoms with Crippen LogP contribution in [0.15, 0.2) is 42.9 Å². The summed E-state index contributed by atoms with van der Waals surface area (Å²) in [6, 6.07) is 11.3. The molecule has 3 heterocycles. The van der Waals surface area contributed by atoms with Gasteiger partial charge in [0, 0.05) is 24.8 Å². The van der Waals surface area contributed by atoms with Crippen molar-refractivity contribution >= 4 is 16.9 Å². The molecule has 4 rings (SSSR count). The summed E-state index contributed by atoms with van der Waals surface area (Å²) >= 11 is 0. The molecule has 5 nitrogen and oxygen atoms in total. The minimum absolute atomic E-state index is 0.185. The number of likely N-dealkylation sites (N-methyl/N-ethyl adjacent to an activating group) is 1. The lowest BCUT2D eigenvalue weighted by atomic mass is 9.79. The number of benzene rings is 1. The summed E-state index contributed by atoms with van der Waals surface area (Å²) in [5.41, 5.74) is 4.12. The van der Waals surface area contributed by atoms with Crippen molar-refractivity contribution in [3.05, 3.63) is 54.0 Å². The van der Waals surface area contributed by atoms with E-state index in [4.69, 9.17) is 0 Å². The van der Waals surface area contributed by atoms with Crippen LogP contribution in [-0.2, 0) is 11.8 Å². The van der Waals surface area contributed by atoms with Crippen LogP contribution < -0.4 is 4.90 Å². The van der Waals surface area contributed by atoms with Crippen LogP contribution in [0.2, 0.25) is 0 Å². The molecule has 3 aromatic rings. The Kier molecular flexibility index (Phi) is 5.11. The maximum Gasteiger partial charge on any atom is 0.142 e. The third-order valence-corrected chi connectivity index (χ3v) is 6.63. The molecule has 154 valence electrons. The molecule has 0 saturated carbocycles. The van der Waals surface area contributed by atoms with E-state index in [2.05, 4.69) is 90.0 Å². The van der Waals surface area contributed by atoms with Gasteiger partial charge in [-0.2, -0.15) is 0 Å². The van der Waals surface area contributed by atoms with Gasteiger partial charge in [0.25, 0.3) is 0 Å². The summed E-state index contributed by atoms with van der Waals surface area (Å²) < 4.78 is 0. The minimum atomic E-state index is 0.185. The fraction of sp³-hybridized carbons (Fsp3) is 0.500. The molecule has 0 bridgehead atoms. The normalized spacial score (nSPS) is 17.2. The maximum absolute atomic E-state index is 4.59. The van der Waals surface area contributed by atoms with E-state index in [1.54, 1.807) is 6.33 Å². The van der Waals surface area contributed by atoms with E-state index in [1.165, 1.54) is 11.1 Å². The minimum Gasteiger partial charge on any atom is -0.356 e. The van der Waals surface area contributed by atoms with Crippen LogP contribution in [-0.4, -0.2) is 52.6 Å². The first-order valence-corrected chi connectivity index (χ1v) is 10.6. The second kappa shape index (κ2) is 7.45. The standard InChI is InChI=1S/C24H33N5/c1-23(2,3)19-8-6-18(7-9-19)16-24(28(4)5)11-14-29(15-12-24)22-20-10-13-25-21(20)26-17-27-22/h6-10,13,17H,11-12,14-16H2,1-5H3,(H,25,26,27). The number of nitrogens with one attached hydrogen (secondary N) is 1. The summed E-state index contributed by atoms with van der Waals surface area (Å²) in [5, 5.41) is 1.11. The average molecular weight is 392 g/mol. The molecule has 0 radical (unpaired) electrons. The van der Waals surface area contributed by atoms with Gasteiger partial charge < -0.3 is 14.8 Å². The monoisotopic (exact) mass is 391 g/mol. The van der Waals surface area contributed by atoms with Gasteiger partial charge in [-0.25, -0.2) is 9.97 Å². The SMILES string of the molecule is CN(C)C1(Cc2ccc(C(C)(C)C)cc2)CCN(c2ncnc3[nH]ccc23)CC1. The van der Waals surface area contributed by atoms with E-state index in [0.717, 1.165) is 49.2 Å². The Morgan fingerprint density at radius 2 is 1.72 bits per heavy atom. The number of aromatic nitrogens is 3. The molecule has 1 aromatic carbocycles. The first-order chi connectivity index (χ1) is 13.8. The molecule has 1 fully saturated rings. The van der Waals surface area contributed by atoms with Crippen molar-refractivity contribution in [2.75, 3.05) is 32.1 Å². The van der Waals surface area contributed by atoms with Gasteiger partial charge in [0.05, 0.1) is 5.39 Å². The van der Waals surface area contributed by atoms with Crippen LogP contribution in [0.5, 0.6) is 0 Å². The summed E-state index contributed by atoms with van der Waals surface area (Å²) in [4.78, 5) is 17.0. The Labute approximate surface area is 174 Å². The molecule has 0 amide bonds. The van der Waals surface area contributed by atoms with Crippen LogP contribution in [0.25, 0.3) is 11.0 Å². The lowest BCUT2D eigenvalue weighted by molar-refractivity contribution is 0.116. The number of nitrogens with zero attached hydrogens (tertiary/aromatic N) is 4. The summed E-state index contributed by atoms with van der Waals surface area (Å²) in [6.45, 7) is 8.83. The Balaban J connectivity index is 1.51. The Hall–Kier alpha value is -2.40. The van der Waals surface area contributed by atoms with Crippen molar-refractivity contribution in [2.24, 2.45) is 0 Å². The highest BCUT2D eigenvalue weighted by atomic mass is 15.2. The molecule has 0 atom stereocenters. The molecule has 0 aliphatic carbocycles. The number of hydrogen-bond donors (Lipinski definition) is 1. The molecule has 29 heavy (non-hydrogen) atoms. The van der Waals surface area contributed by atoms with E-state index >= 15 is 0 Å². The largest absolute Gasteiger partial charge is 0.356 e. The van der Waals surface area contributed by atoms with Crippen molar-refractivity contribution in [3.63, 3.8) is 0 Å². The molecule has 2 aromatic heterocycles. The highest BCUT2D eigenvalue weighted by molar-refractivity contribution is 5.87. The van der Waals surface area contributed by atoms with Crippen molar-refractivity contribution in [2.45, 2.75) is 51.0 Å². The predicted octanol–water partition coefficient (Wildman–Crippen LogP) is 4.40. The fourth-order valence-electron chi connectivity index (χ4n) is 4.53. The number of piperidine rings is 1. The van der Waals surface area contributed by atoms with Gasteiger partial charge in [0.1, 0.15) is 17.8 Å². The number of anilines is 1. The van der Waals surface area contributed by atoms with Crippen molar-refractivity contribution in [1.29, 1.82) is 0 Å². The number of H-pyrrole nitrogens is 1. The first-order valence-electron chi connectivity index (χ1n) is 10.6. The Morgan fingerprint density at radius 1 is 1.03 bits per heavy atom. The molecule has 1 aliphatic rings. The number of fused-ring (bicyclic) bond motifs is 1.